The maximum absolute atomic E-state index is 12.5. The first kappa shape index (κ1) is 14.9. The highest BCUT2D eigenvalue weighted by molar-refractivity contribution is 8.19. The molecule has 3 nitrogen and oxygen atoms in total. The van der Waals surface area contributed by atoms with Crippen LogP contribution in [-0.2, 0) is 4.79 Å². The zero-order valence-electron chi connectivity index (χ0n) is 11.7. The third kappa shape index (κ3) is 2.80. The molecule has 2 aromatic rings. The minimum absolute atomic E-state index is 0.337. The monoisotopic (exact) mass is 329 g/mol. The molecule has 1 aliphatic rings. The number of carbonyl (C=O) groups is 2. The standard InChI is InChI=1S/C17H12ClNO2S/c1-11-6-8-12(9-7-11)10-15-16(20)19(17(21)22-15)14-5-3-2-4-13(14)18/h2-10H,1H3/b15-10-. The Morgan fingerprint density at radius 1 is 1.05 bits per heavy atom. The molecule has 1 heterocycles. The minimum atomic E-state index is -0.344. The molecule has 0 spiro atoms. The number of nitrogens with zero attached hydrogens (tertiary/aromatic N) is 1. The van der Waals surface area contributed by atoms with Gasteiger partial charge >= 0.3 is 0 Å². The Labute approximate surface area is 137 Å². The Morgan fingerprint density at radius 3 is 2.41 bits per heavy atom. The third-order valence-corrected chi connectivity index (χ3v) is 4.45. The predicted octanol–water partition coefficient (Wildman–Crippen LogP) is 4.89. The number of benzene rings is 2. The van der Waals surface area contributed by atoms with Crippen LogP contribution in [0.5, 0.6) is 0 Å². The summed E-state index contributed by atoms with van der Waals surface area (Å²) in [5.41, 5.74) is 2.44. The summed E-state index contributed by atoms with van der Waals surface area (Å²) in [6.07, 6.45) is 1.72. The van der Waals surface area contributed by atoms with Gasteiger partial charge in [0.25, 0.3) is 11.1 Å². The average Bonchev–Trinajstić information content (AvgIpc) is 2.77. The van der Waals surface area contributed by atoms with Gasteiger partial charge in [-0.1, -0.05) is 53.6 Å². The first-order chi connectivity index (χ1) is 10.6. The summed E-state index contributed by atoms with van der Waals surface area (Å²) in [4.78, 5) is 26.2. The number of para-hydroxylation sites is 1. The topological polar surface area (TPSA) is 37.4 Å². The Morgan fingerprint density at radius 2 is 1.73 bits per heavy atom. The molecule has 3 rings (SSSR count). The van der Waals surface area contributed by atoms with E-state index in [4.69, 9.17) is 11.6 Å². The lowest BCUT2D eigenvalue weighted by atomic mass is 10.1. The van der Waals surface area contributed by atoms with E-state index in [1.54, 1.807) is 30.3 Å². The lowest BCUT2D eigenvalue weighted by Crippen LogP contribution is -2.27. The van der Waals surface area contributed by atoms with Crippen molar-refractivity contribution in [2.75, 3.05) is 4.90 Å². The molecule has 1 fully saturated rings. The van der Waals surface area contributed by atoms with E-state index in [-0.39, 0.29) is 11.1 Å². The molecule has 0 N–H and O–H groups in total. The van der Waals surface area contributed by atoms with Crippen LogP contribution < -0.4 is 4.90 Å². The number of hydrogen-bond donors (Lipinski definition) is 0. The van der Waals surface area contributed by atoms with Gasteiger partial charge in [0.15, 0.2) is 0 Å². The first-order valence-electron chi connectivity index (χ1n) is 6.65. The van der Waals surface area contributed by atoms with Crippen LogP contribution in [0.1, 0.15) is 11.1 Å². The molecule has 0 bridgehead atoms. The highest BCUT2D eigenvalue weighted by Gasteiger charge is 2.37. The fraction of sp³-hybridized carbons (Fsp3) is 0.0588. The van der Waals surface area contributed by atoms with E-state index >= 15 is 0 Å². The maximum atomic E-state index is 12.5. The second-order valence-electron chi connectivity index (χ2n) is 4.88. The summed E-state index contributed by atoms with van der Waals surface area (Å²) in [5.74, 6) is -0.344. The van der Waals surface area contributed by atoms with E-state index in [9.17, 15) is 9.59 Å². The second-order valence-corrected chi connectivity index (χ2v) is 6.28. The molecule has 0 atom stereocenters. The van der Waals surface area contributed by atoms with Crippen molar-refractivity contribution in [3.8, 4) is 0 Å². The molecular weight excluding hydrogens is 318 g/mol. The van der Waals surface area contributed by atoms with E-state index < -0.39 is 0 Å². The first-order valence-corrected chi connectivity index (χ1v) is 7.85. The van der Waals surface area contributed by atoms with Crippen LogP contribution >= 0.6 is 23.4 Å². The number of rotatable bonds is 2. The summed E-state index contributed by atoms with van der Waals surface area (Å²) in [7, 11) is 0. The molecule has 2 aromatic carbocycles. The minimum Gasteiger partial charge on any atom is -0.268 e. The maximum Gasteiger partial charge on any atom is 0.298 e. The van der Waals surface area contributed by atoms with Crippen LogP contribution in [0.4, 0.5) is 10.5 Å². The Bertz CT molecular complexity index is 784. The number of amides is 2. The number of carbonyl (C=O) groups excluding carboxylic acids is 2. The van der Waals surface area contributed by atoms with Crippen LogP contribution in [0.25, 0.3) is 6.08 Å². The van der Waals surface area contributed by atoms with Crippen molar-refractivity contribution >= 4 is 46.3 Å². The summed E-state index contributed by atoms with van der Waals surface area (Å²) in [6, 6.07) is 14.6. The van der Waals surface area contributed by atoms with Gasteiger partial charge in [-0.25, -0.2) is 4.90 Å². The number of thioether (sulfide) groups is 1. The van der Waals surface area contributed by atoms with Crippen molar-refractivity contribution in [3.63, 3.8) is 0 Å². The van der Waals surface area contributed by atoms with Crippen LogP contribution in [0.15, 0.2) is 53.4 Å². The summed E-state index contributed by atoms with van der Waals surface area (Å²) < 4.78 is 0. The Kier molecular flexibility index (Phi) is 4.05. The highest BCUT2D eigenvalue weighted by atomic mass is 35.5. The van der Waals surface area contributed by atoms with E-state index in [2.05, 4.69) is 0 Å². The molecule has 22 heavy (non-hydrogen) atoms. The van der Waals surface area contributed by atoms with Crippen molar-refractivity contribution in [1.29, 1.82) is 0 Å². The van der Waals surface area contributed by atoms with Gasteiger partial charge in [0.2, 0.25) is 0 Å². The molecule has 2 amide bonds. The lowest BCUT2D eigenvalue weighted by Gasteiger charge is -2.13. The number of imide groups is 1. The van der Waals surface area contributed by atoms with Gasteiger partial charge < -0.3 is 0 Å². The quantitative estimate of drug-likeness (QED) is 0.736. The molecule has 0 unspecified atom stereocenters. The number of aryl methyl sites for hydroxylation is 1. The van der Waals surface area contributed by atoms with Crippen LogP contribution in [0.2, 0.25) is 5.02 Å². The van der Waals surface area contributed by atoms with Gasteiger partial charge in [0.05, 0.1) is 15.6 Å². The van der Waals surface area contributed by atoms with Crippen molar-refractivity contribution < 1.29 is 9.59 Å². The molecule has 1 aliphatic heterocycles. The highest BCUT2D eigenvalue weighted by Crippen LogP contribution is 2.38. The predicted molar refractivity (Wildman–Crippen MR) is 91.1 cm³/mol. The number of hydrogen-bond acceptors (Lipinski definition) is 3. The molecular formula is C17H12ClNO2S. The van der Waals surface area contributed by atoms with Crippen molar-refractivity contribution in [2.24, 2.45) is 0 Å². The van der Waals surface area contributed by atoms with E-state index in [1.165, 1.54) is 0 Å². The van der Waals surface area contributed by atoms with Gasteiger partial charge in [0, 0.05) is 0 Å². The average molecular weight is 330 g/mol. The van der Waals surface area contributed by atoms with Gasteiger partial charge in [-0.3, -0.25) is 9.59 Å². The Hall–Kier alpha value is -2.04. The van der Waals surface area contributed by atoms with Crippen LogP contribution in [0.3, 0.4) is 0 Å². The van der Waals surface area contributed by atoms with Crippen molar-refractivity contribution in [2.45, 2.75) is 6.92 Å². The third-order valence-electron chi connectivity index (χ3n) is 3.26. The van der Waals surface area contributed by atoms with Gasteiger partial charge in [-0.05, 0) is 42.5 Å². The Balaban J connectivity index is 1.95. The zero-order chi connectivity index (χ0) is 15.7. The fourth-order valence-electron chi connectivity index (χ4n) is 2.12. The SMILES string of the molecule is Cc1ccc(/C=C2\SC(=O)N(c3ccccc3Cl)C2=O)cc1. The van der Waals surface area contributed by atoms with Gasteiger partial charge in [0.1, 0.15) is 0 Å². The summed E-state index contributed by atoms with van der Waals surface area (Å²) in [6.45, 7) is 2.00. The summed E-state index contributed by atoms with van der Waals surface area (Å²) in [5, 5.41) is 0.0397. The fourth-order valence-corrected chi connectivity index (χ4v) is 3.18. The van der Waals surface area contributed by atoms with Gasteiger partial charge in [-0.15, -0.1) is 0 Å². The van der Waals surface area contributed by atoms with E-state index in [0.29, 0.717) is 15.6 Å². The largest absolute Gasteiger partial charge is 0.298 e. The molecule has 110 valence electrons. The number of halogens is 1. The van der Waals surface area contributed by atoms with Crippen LogP contribution in [0, 0.1) is 6.92 Å². The second kappa shape index (κ2) is 5.99. The smallest absolute Gasteiger partial charge is 0.268 e. The van der Waals surface area contributed by atoms with Crippen molar-refractivity contribution in [1.82, 2.24) is 0 Å². The van der Waals surface area contributed by atoms with E-state index in [1.807, 2.05) is 31.2 Å². The normalized spacial score (nSPS) is 16.6. The summed E-state index contributed by atoms with van der Waals surface area (Å²) >= 11 is 7.01. The van der Waals surface area contributed by atoms with Gasteiger partial charge in [-0.2, -0.15) is 0 Å². The molecule has 5 heteroatoms. The molecule has 0 aliphatic carbocycles. The lowest BCUT2D eigenvalue weighted by molar-refractivity contribution is -0.113. The van der Waals surface area contributed by atoms with E-state index in [0.717, 1.165) is 27.8 Å². The molecule has 0 radical (unpaired) electrons. The zero-order valence-corrected chi connectivity index (χ0v) is 13.3. The molecule has 0 aromatic heterocycles. The number of anilines is 1. The molecule has 0 saturated carbocycles. The van der Waals surface area contributed by atoms with Crippen LogP contribution in [-0.4, -0.2) is 11.1 Å². The molecule has 1 saturated heterocycles. The van der Waals surface area contributed by atoms with Crippen molar-refractivity contribution in [3.05, 3.63) is 69.6 Å².